The Morgan fingerprint density at radius 1 is 1.28 bits per heavy atom. The number of aromatic nitrogens is 2. The van der Waals surface area contributed by atoms with Gasteiger partial charge in [0.25, 0.3) is 5.91 Å². The Morgan fingerprint density at radius 3 is 2.72 bits per heavy atom. The minimum absolute atomic E-state index is 0.200. The number of pyridine rings is 1. The molecule has 3 heterocycles. The first kappa shape index (κ1) is 21.8. The van der Waals surface area contributed by atoms with Gasteiger partial charge in [0.1, 0.15) is 11.8 Å². The van der Waals surface area contributed by atoms with Crippen LogP contribution in [0.1, 0.15) is 42.7 Å². The fourth-order valence-corrected chi connectivity index (χ4v) is 3.98. The summed E-state index contributed by atoms with van der Waals surface area (Å²) in [5.41, 5.74) is 3.03. The molecule has 2 N–H and O–H groups in total. The van der Waals surface area contributed by atoms with Crippen molar-refractivity contribution in [3.63, 3.8) is 0 Å². The number of carbonyl (C=O) groups is 2. The van der Waals surface area contributed by atoms with Crippen molar-refractivity contribution in [2.75, 3.05) is 24.4 Å². The maximum absolute atomic E-state index is 12.9. The van der Waals surface area contributed by atoms with E-state index in [1.807, 2.05) is 50.2 Å². The van der Waals surface area contributed by atoms with Crippen molar-refractivity contribution in [2.24, 2.45) is 0 Å². The van der Waals surface area contributed by atoms with E-state index < -0.39 is 12.1 Å². The number of carbonyl (C=O) groups excluding carboxylic acids is 2. The van der Waals surface area contributed by atoms with E-state index in [9.17, 15) is 9.59 Å². The first-order valence-corrected chi connectivity index (χ1v) is 10.8. The van der Waals surface area contributed by atoms with Gasteiger partial charge in [-0.05, 0) is 38.3 Å². The second kappa shape index (κ2) is 9.40. The smallest absolute Gasteiger partial charge is 0.356 e. The van der Waals surface area contributed by atoms with Gasteiger partial charge in [-0.15, -0.1) is 0 Å². The zero-order valence-electron chi connectivity index (χ0n) is 18.6. The number of amides is 1. The van der Waals surface area contributed by atoms with Crippen LogP contribution in [-0.2, 0) is 20.8 Å². The predicted octanol–water partition coefficient (Wildman–Crippen LogP) is 3.81. The molecule has 1 aliphatic rings. The average Bonchev–Trinajstić information content (AvgIpc) is 3.41. The molecule has 1 saturated heterocycles. The van der Waals surface area contributed by atoms with E-state index in [-0.39, 0.29) is 17.6 Å². The fraction of sp³-hybridized carbons (Fsp3) is 0.375. The third-order valence-corrected chi connectivity index (χ3v) is 5.39. The summed E-state index contributed by atoms with van der Waals surface area (Å²) in [5.74, 6) is -0.812. The summed E-state index contributed by atoms with van der Waals surface area (Å²) in [6.07, 6.45) is 2.69. The van der Waals surface area contributed by atoms with Crippen molar-refractivity contribution < 1.29 is 19.1 Å². The molecule has 0 bridgehead atoms. The maximum Gasteiger partial charge on any atom is 0.356 e. The molecule has 168 valence electrons. The summed E-state index contributed by atoms with van der Waals surface area (Å²) in [7, 11) is 1.33. The third-order valence-electron chi connectivity index (χ3n) is 5.39. The number of nitrogens with zero attached hydrogens (tertiary/aromatic N) is 2. The lowest BCUT2D eigenvalue weighted by Gasteiger charge is -2.13. The minimum atomic E-state index is -0.542. The number of methoxy groups -OCH3 is 1. The van der Waals surface area contributed by atoms with E-state index in [1.54, 1.807) is 10.8 Å². The van der Waals surface area contributed by atoms with E-state index in [4.69, 9.17) is 9.47 Å². The molecule has 1 fully saturated rings. The van der Waals surface area contributed by atoms with Crippen LogP contribution in [0.25, 0.3) is 11.0 Å². The Labute approximate surface area is 186 Å². The molecule has 32 heavy (non-hydrogen) atoms. The van der Waals surface area contributed by atoms with Crippen molar-refractivity contribution in [1.82, 2.24) is 9.55 Å². The third kappa shape index (κ3) is 4.45. The van der Waals surface area contributed by atoms with E-state index in [0.29, 0.717) is 36.3 Å². The molecule has 8 heteroatoms. The van der Waals surface area contributed by atoms with Crippen LogP contribution in [0.5, 0.6) is 0 Å². The minimum Gasteiger partial charge on any atom is -0.464 e. The summed E-state index contributed by atoms with van der Waals surface area (Å²) < 4.78 is 12.4. The molecule has 1 unspecified atom stereocenters. The number of hydrogen-bond acceptors (Lipinski definition) is 6. The average molecular weight is 437 g/mol. The summed E-state index contributed by atoms with van der Waals surface area (Å²) >= 11 is 0. The van der Waals surface area contributed by atoms with Crippen molar-refractivity contribution in [3.05, 3.63) is 53.9 Å². The monoisotopic (exact) mass is 436 g/mol. The van der Waals surface area contributed by atoms with Gasteiger partial charge in [0, 0.05) is 24.6 Å². The SMILES string of the molecule is COC(=O)c1c(NC(=O)C2CCCO2)c2cc(NC(C)C)cnc2n1Cc1ccccc1. The van der Waals surface area contributed by atoms with Gasteiger partial charge >= 0.3 is 5.97 Å². The number of hydrogen-bond donors (Lipinski definition) is 2. The molecule has 1 atom stereocenters. The van der Waals surface area contributed by atoms with Gasteiger partial charge < -0.3 is 24.7 Å². The molecule has 2 aromatic heterocycles. The lowest BCUT2D eigenvalue weighted by Crippen LogP contribution is -2.28. The lowest BCUT2D eigenvalue weighted by molar-refractivity contribution is -0.124. The number of nitrogens with one attached hydrogen (secondary N) is 2. The van der Waals surface area contributed by atoms with Gasteiger partial charge in [0.2, 0.25) is 0 Å². The van der Waals surface area contributed by atoms with Gasteiger partial charge in [0.05, 0.1) is 24.7 Å². The maximum atomic E-state index is 12.9. The molecule has 8 nitrogen and oxygen atoms in total. The molecule has 4 rings (SSSR count). The highest BCUT2D eigenvalue weighted by atomic mass is 16.5. The second-order valence-corrected chi connectivity index (χ2v) is 8.17. The largest absolute Gasteiger partial charge is 0.464 e. The molecular weight excluding hydrogens is 408 g/mol. The Kier molecular flexibility index (Phi) is 6.41. The van der Waals surface area contributed by atoms with Crippen LogP contribution in [0.15, 0.2) is 42.6 Å². The van der Waals surface area contributed by atoms with Crippen LogP contribution in [0.4, 0.5) is 11.4 Å². The first-order valence-electron chi connectivity index (χ1n) is 10.8. The molecule has 1 aliphatic heterocycles. The number of fused-ring (bicyclic) bond motifs is 1. The van der Waals surface area contributed by atoms with Gasteiger partial charge in [-0.3, -0.25) is 4.79 Å². The first-order chi connectivity index (χ1) is 15.5. The van der Waals surface area contributed by atoms with E-state index >= 15 is 0 Å². The summed E-state index contributed by atoms with van der Waals surface area (Å²) in [5, 5.41) is 6.94. The lowest BCUT2D eigenvalue weighted by atomic mass is 10.2. The number of rotatable bonds is 7. The van der Waals surface area contributed by atoms with Crippen LogP contribution in [0, 0.1) is 0 Å². The number of anilines is 2. The Morgan fingerprint density at radius 2 is 2.06 bits per heavy atom. The van der Waals surface area contributed by atoms with Crippen LogP contribution in [0.3, 0.4) is 0 Å². The van der Waals surface area contributed by atoms with Gasteiger partial charge in [-0.1, -0.05) is 30.3 Å². The Hall–Kier alpha value is -3.39. The van der Waals surface area contributed by atoms with Gasteiger partial charge in [-0.25, -0.2) is 9.78 Å². The van der Waals surface area contributed by atoms with E-state index in [2.05, 4.69) is 15.6 Å². The zero-order valence-corrected chi connectivity index (χ0v) is 18.6. The molecular formula is C24H28N4O4. The molecule has 0 aliphatic carbocycles. The summed E-state index contributed by atoms with van der Waals surface area (Å²) in [6, 6.07) is 11.9. The highest BCUT2D eigenvalue weighted by Gasteiger charge is 2.30. The van der Waals surface area contributed by atoms with Crippen LogP contribution in [0.2, 0.25) is 0 Å². The number of ether oxygens (including phenoxy) is 2. The summed E-state index contributed by atoms with van der Waals surface area (Å²) in [4.78, 5) is 30.5. The van der Waals surface area contributed by atoms with Crippen molar-refractivity contribution in [2.45, 2.75) is 45.4 Å². The van der Waals surface area contributed by atoms with Crippen molar-refractivity contribution >= 4 is 34.3 Å². The normalized spacial score (nSPS) is 15.8. The highest BCUT2D eigenvalue weighted by molar-refractivity contribution is 6.12. The Balaban J connectivity index is 1.87. The summed E-state index contributed by atoms with van der Waals surface area (Å²) in [6.45, 7) is 5.03. The fourth-order valence-electron chi connectivity index (χ4n) is 3.98. The van der Waals surface area contributed by atoms with E-state index in [1.165, 1.54) is 7.11 Å². The number of esters is 1. The predicted molar refractivity (Wildman–Crippen MR) is 123 cm³/mol. The Bertz CT molecular complexity index is 1120. The molecule has 1 aromatic carbocycles. The zero-order chi connectivity index (χ0) is 22.7. The molecule has 0 spiro atoms. The van der Waals surface area contributed by atoms with E-state index in [0.717, 1.165) is 17.7 Å². The van der Waals surface area contributed by atoms with Crippen LogP contribution < -0.4 is 10.6 Å². The topological polar surface area (TPSA) is 94.5 Å². The molecule has 3 aromatic rings. The van der Waals surface area contributed by atoms with Crippen molar-refractivity contribution in [3.8, 4) is 0 Å². The molecule has 0 radical (unpaired) electrons. The molecule has 0 saturated carbocycles. The van der Waals surface area contributed by atoms with Gasteiger partial charge in [0.15, 0.2) is 5.69 Å². The van der Waals surface area contributed by atoms with Crippen molar-refractivity contribution in [1.29, 1.82) is 0 Å². The quantitative estimate of drug-likeness (QED) is 0.547. The molecule has 1 amide bonds. The van der Waals surface area contributed by atoms with Crippen LogP contribution in [-0.4, -0.2) is 47.3 Å². The van der Waals surface area contributed by atoms with Gasteiger partial charge in [-0.2, -0.15) is 0 Å². The second-order valence-electron chi connectivity index (χ2n) is 8.17. The highest BCUT2D eigenvalue weighted by Crippen LogP contribution is 2.34. The number of benzene rings is 1. The standard InChI is InChI=1S/C24H28N4O4/c1-15(2)26-17-12-18-20(27-23(29)19-10-7-11-32-19)21(24(30)31-3)28(22(18)25-13-17)14-16-8-5-4-6-9-16/h4-6,8-9,12-13,15,19,26H,7,10-11,14H2,1-3H3,(H,27,29). The van der Waals surface area contributed by atoms with Crippen LogP contribution >= 0.6 is 0 Å².